The van der Waals surface area contributed by atoms with Crippen LogP contribution in [0.2, 0.25) is 0 Å². The fraction of sp³-hybridized carbons (Fsp3) is 0.583. The summed E-state index contributed by atoms with van der Waals surface area (Å²) in [5.41, 5.74) is 1.00. The molecule has 0 radical (unpaired) electrons. The van der Waals surface area contributed by atoms with Gasteiger partial charge in [0.25, 0.3) is 0 Å². The minimum absolute atomic E-state index is 0.0311. The van der Waals surface area contributed by atoms with Crippen LogP contribution in [0.1, 0.15) is 25.8 Å². The van der Waals surface area contributed by atoms with Gasteiger partial charge in [-0.2, -0.15) is 0 Å². The molecule has 100 valence electrons. The summed E-state index contributed by atoms with van der Waals surface area (Å²) in [6.07, 6.45) is 2.58. The van der Waals surface area contributed by atoms with Gasteiger partial charge in [0, 0.05) is 18.7 Å². The summed E-state index contributed by atoms with van der Waals surface area (Å²) in [6, 6.07) is 0. The summed E-state index contributed by atoms with van der Waals surface area (Å²) in [6.45, 7) is 7.53. The molecule has 2 N–H and O–H groups in total. The Bertz CT molecular complexity index is 398. The standard InChI is InChI=1S/C12H20N4OS/c1-4-6-14-11-9(3)12(16-8-15-11)18-7-10(17)13-5-2/h8H,4-7H2,1-3H3,(H,13,17)(H,14,15,16). The van der Waals surface area contributed by atoms with Crippen molar-refractivity contribution in [2.75, 3.05) is 24.2 Å². The number of amides is 1. The van der Waals surface area contributed by atoms with Crippen molar-refractivity contribution in [3.8, 4) is 0 Å². The van der Waals surface area contributed by atoms with Gasteiger partial charge < -0.3 is 10.6 Å². The van der Waals surface area contributed by atoms with Gasteiger partial charge in [0.2, 0.25) is 5.91 Å². The Labute approximate surface area is 112 Å². The predicted molar refractivity (Wildman–Crippen MR) is 75.0 cm³/mol. The first-order valence-corrected chi connectivity index (χ1v) is 7.12. The zero-order chi connectivity index (χ0) is 13.4. The molecule has 0 fully saturated rings. The Kier molecular flexibility index (Phi) is 6.49. The van der Waals surface area contributed by atoms with Crippen molar-refractivity contribution < 1.29 is 4.79 Å². The summed E-state index contributed by atoms with van der Waals surface area (Å²) < 4.78 is 0. The number of rotatable bonds is 7. The van der Waals surface area contributed by atoms with Crippen LogP contribution < -0.4 is 10.6 Å². The minimum Gasteiger partial charge on any atom is -0.370 e. The molecule has 0 aromatic carbocycles. The molecule has 6 heteroatoms. The lowest BCUT2D eigenvalue weighted by atomic mass is 10.3. The fourth-order valence-electron chi connectivity index (χ4n) is 1.38. The second-order valence-corrected chi connectivity index (χ2v) is 4.79. The number of hydrogen-bond acceptors (Lipinski definition) is 5. The number of thioether (sulfide) groups is 1. The number of aromatic nitrogens is 2. The molecule has 0 aliphatic carbocycles. The Morgan fingerprint density at radius 1 is 1.39 bits per heavy atom. The molecule has 0 saturated heterocycles. The van der Waals surface area contributed by atoms with Gasteiger partial charge in [-0.3, -0.25) is 4.79 Å². The zero-order valence-electron chi connectivity index (χ0n) is 11.1. The molecule has 0 spiro atoms. The van der Waals surface area contributed by atoms with E-state index in [0.717, 1.165) is 29.4 Å². The van der Waals surface area contributed by atoms with E-state index in [9.17, 15) is 4.79 Å². The van der Waals surface area contributed by atoms with Gasteiger partial charge in [0.05, 0.1) is 5.75 Å². The first-order chi connectivity index (χ1) is 8.69. The molecular formula is C12H20N4OS. The lowest BCUT2D eigenvalue weighted by Crippen LogP contribution is -2.24. The average molecular weight is 268 g/mol. The number of nitrogens with zero attached hydrogens (tertiary/aromatic N) is 2. The molecule has 0 aliphatic rings. The molecule has 18 heavy (non-hydrogen) atoms. The normalized spacial score (nSPS) is 10.2. The predicted octanol–water partition coefficient (Wildman–Crippen LogP) is 1.84. The monoisotopic (exact) mass is 268 g/mol. The van der Waals surface area contributed by atoms with Gasteiger partial charge >= 0.3 is 0 Å². The highest BCUT2D eigenvalue weighted by Crippen LogP contribution is 2.23. The van der Waals surface area contributed by atoms with Crippen molar-refractivity contribution in [3.05, 3.63) is 11.9 Å². The highest BCUT2D eigenvalue weighted by molar-refractivity contribution is 7.99. The topological polar surface area (TPSA) is 66.9 Å². The summed E-state index contributed by atoms with van der Waals surface area (Å²) in [5, 5.41) is 6.87. The van der Waals surface area contributed by atoms with Gasteiger partial charge in [0.1, 0.15) is 17.2 Å². The van der Waals surface area contributed by atoms with Gasteiger partial charge in [-0.1, -0.05) is 18.7 Å². The van der Waals surface area contributed by atoms with Gasteiger partial charge in [0.15, 0.2) is 0 Å². The van der Waals surface area contributed by atoms with Crippen LogP contribution in [0.5, 0.6) is 0 Å². The molecule has 1 aromatic rings. The summed E-state index contributed by atoms with van der Waals surface area (Å²) in [7, 11) is 0. The van der Waals surface area contributed by atoms with E-state index in [0.29, 0.717) is 12.3 Å². The highest BCUT2D eigenvalue weighted by atomic mass is 32.2. The molecular weight excluding hydrogens is 248 g/mol. The van der Waals surface area contributed by atoms with Crippen LogP contribution in [0.15, 0.2) is 11.4 Å². The third-order valence-electron chi connectivity index (χ3n) is 2.29. The summed E-state index contributed by atoms with van der Waals surface area (Å²) in [4.78, 5) is 19.8. The van der Waals surface area contributed by atoms with Gasteiger partial charge in [-0.25, -0.2) is 9.97 Å². The van der Waals surface area contributed by atoms with Gasteiger partial charge in [-0.15, -0.1) is 0 Å². The Morgan fingerprint density at radius 2 is 2.17 bits per heavy atom. The maximum absolute atomic E-state index is 11.4. The van der Waals surface area contributed by atoms with E-state index in [1.165, 1.54) is 18.1 Å². The molecule has 1 rings (SSSR count). The lowest BCUT2D eigenvalue weighted by molar-refractivity contribution is -0.118. The van der Waals surface area contributed by atoms with Crippen molar-refractivity contribution >= 4 is 23.5 Å². The number of nitrogens with one attached hydrogen (secondary N) is 2. The largest absolute Gasteiger partial charge is 0.370 e. The van der Waals surface area contributed by atoms with Crippen molar-refractivity contribution in [2.45, 2.75) is 32.2 Å². The third-order valence-corrected chi connectivity index (χ3v) is 3.39. The second-order valence-electron chi connectivity index (χ2n) is 3.82. The van der Waals surface area contributed by atoms with E-state index in [2.05, 4.69) is 27.5 Å². The molecule has 0 unspecified atom stereocenters. The number of carbonyl (C=O) groups excluding carboxylic acids is 1. The Hall–Kier alpha value is -1.30. The SMILES string of the molecule is CCCNc1ncnc(SCC(=O)NCC)c1C. The first-order valence-electron chi connectivity index (χ1n) is 6.14. The van der Waals surface area contributed by atoms with Crippen molar-refractivity contribution in [2.24, 2.45) is 0 Å². The van der Waals surface area contributed by atoms with Crippen LogP contribution >= 0.6 is 11.8 Å². The molecule has 1 heterocycles. The molecule has 5 nitrogen and oxygen atoms in total. The molecule has 1 aromatic heterocycles. The van der Waals surface area contributed by atoms with Crippen LogP contribution in [-0.4, -0.2) is 34.7 Å². The molecule has 0 aliphatic heterocycles. The zero-order valence-corrected chi connectivity index (χ0v) is 11.9. The lowest BCUT2D eigenvalue weighted by Gasteiger charge is -2.10. The van der Waals surface area contributed by atoms with Crippen molar-refractivity contribution in [3.63, 3.8) is 0 Å². The van der Waals surface area contributed by atoms with E-state index in [-0.39, 0.29) is 5.91 Å². The van der Waals surface area contributed by atoms with Crippen LogP contribution in [0, 0.1) is 6.92 Å². The van der Waals surface area contributed by atoms with Crippen molar-refractivity contribution in [1.29, 1.82) is 0 Å². The smallest absolute Gasteiger partial charge is 0.230 e. The van der Waals surface area contributed by atoms with E-state index >= 15 is 0 Å². The molecule has 0 saturated carbocycles. The number of hydrogen-bond donors (Lipinski definition) is 2. The maximum atomic E-state index is 11.4. The minimum atomic E-state index is 0.0311. The van der Waals surface area contributed by atoms with Crippen LogP contribution in [0.25, 0.3) is 0 Å². The Morgan fingerprint density at radius 3 is 2.83 bits per heavy atom. The number of carbonyl (C=O) groups is 1. The van der Waals surface area contributed by atoms with Crippen molar-refractivity contribution in [1.82, 2.24) is 15.3 Å². The quantitative estimate of drug-likeness (QED) is 0.583. The van der Waals surface area contributed by atoms with E-state index in [1.54, 1.807) is 0 Å². The molecule has 0 bridgehead atoms. The van der Waals surface area contributed by atoms with Gasteiger partial charge in [-0.05, 0) is 20.3 Å². The van der Waals surface area contributed by atoms with E-state index in [4.69, 9.17) is 0 Å². The Balaban J connectivity index is 2.62. The fourth-order valence-corrected chi connectivity index (χ4v) is 2.19. The van der Waals surface area contributed by atoms with E-state index in [1.807, 2.05) is 13.8 Å². The van der Waals surface area contributed by atoms with Crippen LogP contribution in [-0.2, 0) is 4.79 Å². The highest BCUT2D eigenvalue weighted by Gasteiger charge is 2.09. The maximum Gasteiger partial charge on any atom is 0.230 e. The van der Waals surface area contributed by atoms with Crippen LogP contribution in [0.4, 0.5) is 5.82 Å². The first kappa shape index (κ1) is 14.8. The average Bonchev–Trinajstić information content (AvgIpc) is 2.36. The number of anilines is 1. The second kappa shape index (κ2) is 7.92. The summed E-state index contributed by atoms with van der Waals surface area (Å²) >= 11 is 1.44. The molecule has 1 amide bonds. The molecule has 0 atom stereocenters. The van der Waals surface area contributed by atoms with E-state index < -0.39 is 0 Å². The van der Waals surface area contributed by atoms with Crippen LogP contribution in [0.3, 0.4) is 0 Å². The third kappa shape index (κ3) is 4.52. The summed E-state index contributed by atoms with van der Waals surface area (Å²) in [5.74, 6) is 1.27.